The summed E-state index contributed by atoms with van der Waals surface area (Å²) in [5.41, 5.74) is 6.51. The molecule has 3 N–H and O–H groups in total. The summed E-state index contributed by atoms with van der Waals surface area (Å²) in [6.45, 7) is 3.99. The van der Waals surface area contributed by atoms with Crippen molar-refractivity contribution in [2.75, 3.05) is 30.4 Å². The highest BCUT2D eigenvalue weighted by molar-refractivity contribution is 7.91. The van der Waals surface area contributed by atoms with Crippen molar-refractivity contribution in [1.29, 1.82) is 0 Å². The van der Waals surface area contributed by atoms with E-state index in [4.69, 9.17) is 10.5 Å². The van der Waals surface area contributed by atoms with E-state index in [1.807, 2.05) is 6.92 Å². The van der Waals surface area contributed by atoms with Gasteiger partial charge in [0, 0.05) is 17.9 Å². The predicted molar refractivity (Wildman–Crippen MR) is 78.7 cm³/mol. The van der Waals surface area contributed by atoms with Crippen molar-refractivity contribution in [3.8, 4) is 5.75 Å². The molecule has 1 rings (SSSR count). The number of carbonyl (C=O) groups is 1. The number of rotatable bonds is 7. The summed E-state index contributed by atoms with van der Waals surface area (Å²) in [6, 6.07) is 4.72. The number of nitrogens with one attached hydrogen (secondary N) is 1. The molecule has 0 radical (unpaired) electrons. The highest BCUT2D eigenvalue weighted by atomic mass is 32.2. The second-order valence-corrected chi connectivity index (χ2v) is 6.65. The number of nitrogen functional groups attached to an aromatic ring is 1. The minimum atomic E-state index is -3.08. The normalized spacial score (nSPS) is 11.1. The Hall–Kier alpha value is -1.76. The number of benzene rings is 1. The molecule has 7 heteroatoms. The van der Waals surface area contributed by atoms with Crippen LogP contribution >= 0.6 is 0 Å². The van der Waals surface area contributed by atoms with Crippen LogP contribution in [0.5, 0.6) is 5.75 Å². The third-order valence-electron chi connectivity index (χ3n) is 2.71. The summed E-state index contributed by atoms with van der Waals surface area (Å²) < 4.78 is 27.9. The monoisotopic (exact) mass is 300 g/mol. The molecule has 20 heavy (non-hydrogen) atoms. The van der Waals surface area contributed by atoms with Crippen molar-refractivity contribution in [2.45, 2.75) is 13.8 Å². The molecule has 0 aliphatic carbocycles. The van der Waals surface area contributed by atoms with Crippen LogP contribution in [0, 0.1) is 0 Å². The van der Waals surface area contributed by atoms with E-state index < -0.39 is 9.84 Å². The van der Waals surface area contributed by atoms with Gasteiger partial charge < -0.3 is 15.8 Å². The van der Waals surface area contributed by atoms with Gasteiger partial charge in [0.15, 0.2) is 9.84 Å². The van der Waals surface area contributed by atoms with Crippen LogP contribution in [0.25, 0.3) is 0 Å². The maximum absolute atomic E-state index is 11.8. The summed E-state index contributed by atoms with van der Waals surface area (Å²) in [5.74, 6) is 0.171. The molecule has 0 unspecified atom stereocenters. The van der Waals surface area contributed by atoms with Crippen LogP contribution in [0.3, 0.4) is 0 Å². The molecule has 0 bridgehead atoms. The van der Waals surface area contributed by atoms with Crippen LogP contribution in [0.15, 0.2) is 18.2 Å². The lowest BCUT2D eigenvalue weighted by Crippen LogP contribution is -2.29. The molecule has 0 heterocycles. The van der Waals surface area contributed by atoms with Gasteiger partial charge in [-0.05, 0) is 25.1 Å². The number of anilines is 1. The third kappa shape index (κ3) is 4.73. The first-order valence-electron chi connectivity index (χ1n) is 6.40. The van der Waals surface area contributed by atoms with Crippen LogP contribution < -0.4 is 15.8 Å². The fourth-order valence-electron chi connectivity index (χ4n) is 1.54. The van der Waals surface area contributed by atoms with Crippen molar-refractivity contribution in [3.63, 3.8) is 0 Å². The van der Waals surface area contributed by atoms with Crippen molar-refractivity contribution in [1.82, 2.24) is 5.32 Å². The second kappa shape index (κ2) is 7.14. The Balaban J connectivity index is 2.62. The summed E-state index contributed by atoms with van der Waals surface area (Å²) in [4.78, 5) is 11.8. The Morgan fingerprint density at radius 1 is 1.35 bits per heavy atom. The molecule has 1 amide bonds. The quantitative estimate of drug-likeness (QED) is 0.727. The van der Waals surface area contributed by atoms with Gasteiger partial charge in [-0.3, -0.25) is 4.79 Å². The fourth-order valence-corrected chi connectivity index (χ4v) is 2.24. The third-order valence-corrected chi connectivity index (χ3v) is 4.42. The Morgan fingerprint density at radius 3 is 2.60 bits per heavy atom. The number of hydrogen-bond acceptors (Lipinski definition) is 5. The average Bonchev–Trinajstić information content (AvgIpc) is 2.41. The van der Waals surface area contributed by atoms with Gasteiger partial charge in [0.1, 0.15) is 5.75 Å². The molecule has 0 saturated carbocycles. The maximum atomic E-state index is 11.8. The van der Waals surface area contributed by atoms with Gasteiger partial charge in [-0.25, -0.2) is 8.42 Å². The van der Waals surface area contributed by atoms with Gasteiger partial charge in [-0.1, -0.05) is 6.92 Å². The minimum absolute atomic E-state index is 0.0677. The molecule has 0 saturated heterocycles. The fraction of sp³-hybridized carbons (Fsp3) is 0.462. The summed E-state index contributed by atoms with van der Waals surface area (Å²) in [6.07, 6.45) is 0. The molecule has 112 valence electrons. The Morgan fingerprint density at radius 2 is 2.05 bits per heavy atom. The zero-order valence-electron chi connectivity index (χ0n) is 11.7. The highest BCUT2D eigenvalue weighted by Crippen LogP contribution is 2.22. The SMILES string of the molecule is CCOc1ccc(C(=O)NCCS(=O)(=O)CC)cc1N. The Labute approximate surface area is 119 Å². The molecule has 0 aliphatic heterocycles. The highest BCUT2D eigenvalue weighted by Gasteiger charge is 2.11. The zero-order chi connectivity index (χ0) is 15.2. The van der Waals surface area contributed by atoms with E-state index in [0.717, 1.165) is 0 Å². The number of carbonyl (C=O) groups excluding carboxylic acids is 1. The molecule has 0 aliphatic rings. The molecule has 6 nitrogen and oxygen atoms in total. The minimum Gasteiger partial charge on any atom is -0.492 e. The number of nitrogens with two attached hydrogens (primary N) is 1. The van der Waals surface area contributed by atoms with Crippen molar-refractivity contribution < 1.29 is 17.9 Å². The average molecular weight is 300 g/mol. The van der Waals surface area contributed by atoms with Gasteiger partial charge in [-0.2, -0.15) is 0 Å². The van der Waals surface area contributed by atoms with Gasteiger partial charge >= 0.3 is 0 Å². The van der Waals surface area contributed by atoms with Gasteiger partial charge in [0.05, 0.1) is 18.0 Å². The predicted octanol–water partition coefficient (Wildman–Crippen LogP) is 0.832. The molecule has 0 aromatic heterocycles. The molecule has 0 fully saturated rings. The smallest absolute Gasteiger partial charge is 0.251 e. The Bertz CT molecular complexity index is 570. The molecule has 1 aromatic rings. The van der Waals surface area contributed by atoms with E-state index in [0.29, 0.717) is 23.6 Å². The van der Waals surface area contributed by atoms with Crippen LogP contribution in [0.4, 0.5) is 5.69 Å². The summed E-state index contributed by atoms with van der Waals surface area (Å²) in [7, 11) is -3.08. The van der Waals surface area contributed by atoms with Crippen molar-refractivity contribution in [2.24, 2.45) is 0 Å². The number of sulfone groups is 1. The van der Waals surface area contributed by atoms with Crippen molar-refractivity contribution in [3.05, 3.63) is 23.8 Å². The first-order chi connectivity index (χ1) is 9.39. The number of amides is 1. The van der Waals surface area contributed by atoms with Crippen LogP contribution in [-0.2, 0) is 9.84 Å². The second-order valence-electron chi connectivity index (χ2n) is 4.18. The lowest BCUT2D eigenvalue weighted by molar-refractivity contribution is 0.0956. The molecular weight excluding hydrogens is 280 g/mol. The van der Waals surface area contributed by atoms with E-state index >= 15 is 0 Å². The summed E-state index contributed by atoms with van der Waals surface area (Å²) in [5, 5.41) is 2.55. The topological polar surface area (TPSA) is 98.5 Å². The van der Waals surface area contributed by atoms with E-state index in [9.17, 15) is 13.2 Å². The van der Waals surface area contributed by atoms with E-state index in [2.05, 4.69) is 5.32 Å². The number of hydrogen-bond donors (Lipinski definition) is 2. The zero-order valence-corrected chi connectivity index (χ0v) is 12.5. The number of ether oxygens (including phenoxy) is 1. The lowest BCUT2D eigenvalue weighted by atomic mass is 10.2. The summed E-state index contributed by atoms with van der Waals surface area (Å²) >= 11 is 0. The first kappa shape index (κ1) is 16.3. The van der Waals surface area contributed by atoms with Gasteiger partial charge in [-0.15, -0.1) is 0 Å². The van der Waals surface area contributed by atoms with Crippen LogP contribution in [0.2, 0.25) is 0 Å². The lowest BCUT2D eigenvalue weighted by Gasteiger charge is -2.09. The van der Waals surface area contributed by atoms with Crippen molar-refractivity contribution >= 4 is 21.4 Å². The van der Waals surface area contributed by atoms with Gasteiger partial charge in [0.2, 0.25) is 0 Å². The van der Waals surface area contributed by atoms with E-state index in [1.165, 1.54) is 6.07 Å². The van der Waals surface area contributed by atoms with Crippen LogP contribution in [0.1, 0.15) is 24.2 Å². The van der Waals surface area contributed by atoms with Crippen LogP contribution in [-0.4, -0.2) is 39.0 Å². The molecular formula is C13H20N2O4S. The first-order valence-corrected chi connectivity index (χ1v) is 8.22. The van der Waals surface area contributed by atoms with Gasteiger partial charge in [0.25, 0.3) is 5.91 Å². The van der Waals surface area contributed by atoms with E-state index in [-0.39, 0.29) is 24.0 Å². The molecule has 0 atom stereocenters. The molecule has 1 aromatic carbocycles. The molecule has 0 spiro atoms. The standard InChI is InChI=1S/C13H20N2O4S/c1-3-19-12-6-5-10(9-11(12)14)13(16)15-7-8-20(17,18)4-2/h5-6,9H,3-4,7-8,14H2,1-2H3,(H,15,16). The Kier molecular flexibility index (Phi) is 5.82. The largest absolute Gasteiger partial charge is 0.492 e. The maximum Gasteiger partial charge on any atom is 0.251 e. The van der Waals surface area contributed by atoms with E-state index in [1.54, 1.807) is 19.1 Å².